The standard InChI is InChI=1S/C19H17ClN2OS/c1-14(20)11-12-24-19-21-17-10-6-5-9-16(17)18(23)22(19)13-15-7-3-2-4-8-15/h2-11H,12-13H2,1H3/b14-11+. The number of allylic oxidation sites excluding steroid dienone is 1. The highest BCUT2D eigenvalue weighted by Gasteiger charge is 2.11. The molecule has 3 aromatic rings. The Morgan fingerprint density at radius 2 is 1.88 bits per heavy atom. The molecular formula is C19H17ClN2OS. The van der Waals surface area contributed by atoms with Crippen LogP contribution in [0.15, 0.2) is 75.7 Å². The summed E-state index contributed by atoms with van der Waals surface area (Å²) in [5, 5.41) is 2.08. The summed E-state index contributed by atoms with van der Waals surface area (Å²) in [5.41, 5.74) is 1.78. The molecule has 0 bridgehead atoms. The zero-order chi connectivity index (χ0) is 16.9. The number of para-hydroxylation sites is 1. The van der Waals surface area contributed by atoms with E-state index in [1.54, 1.807) is 4.57 Å². The Labute approximate surface area is 150 Å². The summed E-state index contributed by atoms with van der Waals surface area (Å²) < 4.78 is 1.74. The van der Waals surface area contributed by atoms with Gasteiger partial charge in [-0.05, 0) is 24.6 Å². The number of fused-ring (bicyclic) bond motifs is 1. The maximum atomic E-state index is 12.9. The molecule has 0 aliphatic rings. The highest BCUT2D eigenvalue weighted by atomic mass is 35.5. The molecular weight excluding hydrogens is 340 g/mol. The van der Waals surface area contributed by atoms with Crippen molar-refractivity contribution >= 4 is 34.3 Å². The van der Waals surface area contributed by atoms with Crippen molar-refractivity contribution in [1.82, 2.24) is 9.55 Å². The van der Waals surface area contributed by atoms with Crippen LogP contribution < -0.4 is 5.56 Å². The summed E-state index contributed by atoms with van der Waals surface area (Å²) in [4.78, 5) is 17.6. The van der Waals surface area contributed by atoms with Gasteiger partial charge in [-0.1, -0.05) is 71.9 Å². The van der Waals surface area contributed by atoms with E-state index in [-0.39, 0.29) is 5.56 Å². The molecule has 1 aromatic heterocycles. The van der Waals surface area contributed by atoms with Gasteiger partial charge in [-0.25, -0.2) is 4.98 Å². The second-order valence-corrected chi connectivity index (χ2v) is 6.97. The number of aromatic nitrogens is 2. The molecule has 0 unspecified atom stereocenters. The lowest BCUT2D eigenvalue weighted by atomic mass is 10.2. The molecule has 0 saturated heterocycles. The van der Waals surface area contributed by atoms with E-state index in [0.717, 1.165) is 16.1 Å². The predicted molar refractivity (Wildman–Crippen MR) is 102 cm³/mol. The first kappa shape index (κ1) is 16.8. The van der Waals surface area contributed by atoms with Crippen molar-refractivity contribution in [2.75, 3.05) is 5.75 Å². The number of hydrogen-bond acceptors (Lipinski definition) is 3. The molecule has 0 fully saturated rings. The van der Waals surface area contributed by atoms with Crippen molar-refractivity contribution < 1.29 is 0 Å². The highest BCUT2D eigenvalue weighted by molar-refractivity contribution is 7.99. The molecule has 0 radical (unpaired) electrons. The normalized spacial score (nSPS) is 11.8. The van der Waals surface area contributed by atoms with Crippen molar-refractivity contribution in [3.05, 3.63) is 81.6 Å². The van der Waals surface area contributed by atoms with E-state index in [0.29, 0.717) is 22.8 Å². The molecule has 0 atom stereocenters. The predicted octanol–water partition coefficient (Wildman–Crippen LogP) is 4.68. The first-order valence-electron chi connectivity index (χ1n) is 7.64. The Balaban J connectivity index is 2.07. The number of benzene rings is 2. The van der Waals surface area contributed by atoms with Gasteiger partial charge in [-0.3, -0.25) is 9.36 Å². The van der Waals surface area contributed by atoms with Gasteiger partial charge in [-0.15, -0.1) is 0 Å². The van der Waals surface area contributed by atoms with Crippen LogP contribution in [-0.2, 0) is 6.54 Å². The zero-order valence-electron chi connectivity index (χ0n) is 13.3. The van der Waals surface area contributed by atoms with E-state index in [1.807, 2.05) is 67.6 Å². The molecule has 1 heterocycles. The Morgan fingerprint density at radius 3 is 2.62 bits per heavy atom. The van der Waals surface area contributed by atoms with Gasteiger partial charge >= 0.3 is 0 Å². The number of thioether (sulfide) groups is 1. The number of nitrogens with zero attached hydrogens (tertiary/aromatic N) is 2. The number of hydrogen-bond donors (Lipinski definition) is 0. The lowest BCUT2D eigenvalue weighted by Gasteiger charge is -2.12. The fourth-order valence-electron chi connectivity index (χ4n) is 2.39. The van der Waals surface area contributed by atoms with Crippen molar-refractivity contribution in [2.45, 2.75) is 18.6 Å². The van der Waals surface area contributed by atoms with Crippen LogP contribution in [0, 0.1) is 0 Å². The van der Waals surface area contributed by atoms with Crippen LogP contribution in [0.5, 0.6) is 0 Å². The molecule has 3 rings (SSSR count). The van der Waals surface area contributed by atoms with Crippen molar-refractivity contribution in [3.8, 4) is 0 Å². The van der Waals surface area contributed by atoms with Crippen molar-refractivity contribution in [2.24, 2.45) is 0 Å². The van der Waals surface area contributed by atoms with E-state index in [9.17, 15) is 4.79 Å². The molecule has 5 heteroatoms. The summed E-state index contributed by atoms with van der Waals surface area (Å²) in [5.74, 6) is 0.675. The van der Waals surface area contributed by atoms with Gasteiger partial charge in [0.15, 0.2) is 5.16 Å². The molecule has 0 N–H and O–H groups in total. The minimum atomic E-state index is -0.0153. The van der Waals surface area contributed by atoms with Crippen LogP contribution in [0.4, 0.5) is 0 Å². The third kappa shape index (κ3) is 3.89. The maximum Gasteiger partial charge on any atom is 0.262 e. The molecule has 122 valence electrons. The summed E-state index contributed by atoms with van der Waals surface area (Å²) in [6.45, 7) is 2.34. The number of rotatable bonds is 5. The van der Waals surface area contributed by atoms with Gasteiger partial charge in [0.05, 0.1) is 17.4 Å². The van der Waals surface area contributed by atoms with E-state index < -0.39 is 0 Å². The minimum Gasteiger partial charge on any atom is -0.283 e. The first-order chi connectivity index (χ1) is 11.6. The maximum absolute atomic E-state index is 12.9. The molecule has 2 aromatic carbocycles. The highest BCUT2D eigenvalue weighted by Crippen LogP contribution is 2.19. The average Bonchev–Trinajstić information content (AvgIpc) is 2.59. The fraction of sp³-hybridized carbons (Fsp3) is 0.158. The van der Waals surface area contributed by atoms with Gasteiger partial charge in [-0.2, -0.15) is 0 Å². The second kappa shape index (κ2) is 7.69. The smallest absolute Gasteiger partial charge is 0.262 e. The van der Waals surface area contributed by atoms with Crippen LogP contribution in [0.25, 0.3) is 10.9 Å². The first-order valence-corrected chi connectivity index (χ1v) is 9.00. The Kier molecular flexibility index (Phi) is 5.38. The Hall–Kier alpha value is -2.04. The largest absolute Gasteiger partial charge is 0.283 e. The van der Waals surface area contributed by atoms with E-state index in [2.05, 4.69) is 4.98 Å². The molecule has 0 aliphatic carbocycles. The topological polar surface area (TPSA) is 34.9 Å². The minimum absolute atomic E-state index is 0.0153. The molecule has 0 spiro atoms. The molecule has 3 nitrogen and oxygen atoms in total. The van der Waals surface area contributed by atoms with E-state index in [4.69, 9.17) is 11.6 Å². The Bertz CT molecular complexity index is 931. The van der Waals surface area contributed by atoms with Gasteiger partial charge in [0.1, 0.15) is 0 Å². The van der Waals surface area contributed by atoms with Gasteiger partial charge in [0, 0.05) is 10.8 Å². The van der Waals surface area contributed by atoms with Crippen LogP contribution in [0.3, 0.4) is 0 Å². The zero-order valence-corrected chi connectivity index (χ0v) is 14.8. The third-order valence-electron chi connectivity index (χ3n) is 3.59. The average molecular weight is 357 g/mol. The van der Waals surface area contributed by atoms with Crippen molar-refractivity contribution in [1.29, 1.82) is 0 Å². The number of halogens is 1. The molecule has 0 amide bonds. The lowest BCUT2D eigenvalue weighted by Crippen LogP contribution is -2.24. The molecule has 0 saturated carbocycles. The van der Waals surface area contributed by atoms with Crippen LogP contribution in [0.2, 0.25) is 0 Å². The lowest BCUT2D eigenvalue weighted by molar-refractivity contribution is 0.658. The van der Waals surface area contributed by atoms with Crippen LogP contribution in [0.1, 0.15) is 12.5 Å². The van der Waals surface area contributed by atoms with E-state index >= 15 is 0 Å². The Morgan fingerprint density at radius 1 is 1.17 bits per heavy atom. The van der Waals surface area contributed by atoms with Crippen molar-refractivity contribution in [3.63, 3.8) is 0 Å². The summed E-state index contributed by atoms with van der Waals surface area (Å²) in [6.07, 6.45) is 1.92. The van der Waals surface area contributed by atoms with Gasteiger partial charge < -0.3 is 0 Å². The monoisotopic (exact) mass is 356 g/mol. The molecule has 24 heavy (non-hydrogen) atoms. The summed E-state index contributed by atoms with van der Waals surface area (Å²) in [6, 6.07) is 17.4. The summed E-state index contributed by atoms with van der Waals surface area (Å²) in [7, 11) is 0. The quantitative estimate of drug-likeness (QED) is 0.491. The SMILES string of the molecule is C/C(Cl)=C\CSc1nc2ccccc2c(=O)n1Cc1ccccc1. The third-order valence-corrected chi connectivity index (χ3v) is 4.64. The van der Waals surface area contributed by atoms with Crippen LogP contribution >= 0.6 is 23.4 Å². The molecule has 0 aliphatic heterocycles. The van der Waals surface area contributed by atoms with Crippen LogP contribution in [-0.4, -0.2) is 15.3 Å². The second-order valence-electron chi connectivity index (χ2n) is 5.39. The van der Waals surface area contributed by atoms with Gasteiger partial charge in [0.2, 0.25) is 0 Å². The fourth-order valence-corrected chi connectivity index (χ4v) is 3.51. The van der Waals surface area contributed by atoms with E-state index in [1.165, 1.54) is 11.8 Å². The summed E-state index contributed by atoms with van der Waals surface area (Å²) >= 11 is 7.41. The van der Waals surface area contributed by atoms with Gasteiger partial charge in [0.25, 0.3) is 5.56 Å².